The summed E-state index contributed by atoms with van der Waals surface area (Å²) >= 11 is 0. The fourth-order valence-electron chi connectivity index (χ4n) is 8.17. The van der Waals surface area contributed by atoms with Gasteiger partial charge in [-0.05, 0) is 171 Å². The number of benzene rings is 9. The maximum Gasteiger partial charge on any atom is 0.119 e. The van der Waals surface area contributed by atoms with Crippen molar-refractivity contribution >= 4 is 75.5 Å². The van der Waals surface area contributed by atoms with E-state index in [2.05, 4.69) is 273 Å². The molecule has 0 heterocycles. The number of methoxy groups -OCH3 is 1. The van der Waals surface area contributed by atoms with Crippen molar-refractivity contribution in [3.63, 3.8) is 0 Å². The van der Waals surface area contributed by atoms with Crippen LogP contribution in [0.25, 0.3) is 24.3 Å². The molecule has 0 aliphatic carbocycles. The van der Waals surface area contributed by atoms with Gasteiger partial charge in [-0.2, -0.15) is 0 Å². The van der Waals surface area contributed by atoms with Gasteiger partial charge in [0.25, 0.3) is 0 Å². The van der Waals surface area contributed by atoms with Gasteiger partial charge in [0.05, 0.1) is 7.11 Å². The number of aryl methyl sites for hydroxylation is 4. The third-order valence-electron chi connectivity index (χ3n) is 12.0. The average molecular weight is 870 g/mol. The number of anilines is 9. The second kappa shape index (κ2) is 20.2. The smallest absolute Gasteiger partial charge is 0.119 e. The van der Waals surface area contributed by atoms with Crippen LogP contribution in [0.3, 0.4) is 0 Å². The van der Waals surface area contributed by atoms with E-state index in [1.165, 1.54) is 22.3 Å². The van der Waals surface area contributed by atoms with Gasteiger partial charge in [-0.25, -0.2) is 0 Å². The molecule has 0 aromatic heterocycles. The summed E-state index contributed by atoms with van der Waals surface area (Å²) in [5.74, 6) is 0.821. The van der Waals surface area contributed by atoms with Crippen molar-refractivity contribution in [2.24, 2.45) is 0 Å². The maximum atomic E-state index is 5.51. The Balaban J connectivity index is 0.913. The first-order chi connectivity index (χ1) is 32.8. The highest BCUT2D eigenvalue weighted by Crippen LogP contribution is 2.38. The molecule has 0 saturated carbocycles. The van der Waals surface area contributed by atoms with Crippen molar-refractivity contribution < 1.29 is 4.74 Å². The highest BCUT2D eigenvalue weighted by molar-refractivity contribution is 5.82. The lowest BCUT2D eigenvalue weighted by atomic mass is 10.1. The highest BCUT2D eigenvalue weighted by Gasteiger charge is 2.15. The Bertz CT molecular complexity index is 2780. The van der Waals surface area contributed by atoms with Gasteiger partial charge < -0.3 is 19.4 Å². The van der Waals surface area contributed by atoms with Crippen LogP contribution in [-0.4, -0.2) is 7.11 Å². The molecule has 4 nitrogen and oxygen atoms in total. The summed E-state index contributed by atoms with van der Waals surface area (Å²) in [7, 11) is 1.70. The molecule has 0 spiro atoms. The Labute approximate surface area is 396 Å². The van der Waals surface area contributed by atoms with Crippen molar-refractivity contribution in [2.45, 2.75) is 27.7 Å². The normalized spacial score (nSPS) is 11.2. The molecule has 0 unspecified atom stereocenters. The summed E-state index contributed by atoms with van der Waals surface area (Å²) in [6.45, 7) is 8.49. The van der Waals surface area contributed by atoms with Crippen molar-refractivity contribution in [2.75, 3.05) is 21.8 Å². The summed E-state index contributed by atoms with van der Waals surface area (Å²) in [4.78, 5) is 6.88. The summed E-state index contributed by atoms with van der Waals surface area (Å²) in [5.41, 5.74) is 19.4. The molecule has 4 heteroatoms. The van der Waals surface area contributed by atoms with Gasteiger partial charge in [-0.1, -0.05) is 144 Å². The zero-order valence-electron chi connectivity index (χ0n) is 38.8. The predicted octanol–water partition coefficient (Wildman–Crippen LogP) is 17.7. The summed E-state index contributed by atoms with van der Waals surface area (Å²) in [6.07, 6.45) is 8.70. The number of hydrogen-bond donors (Lipinski definition) is 0. The molecular weight excluding hydrogens is 815 g/mol. The maximum absolute atomic E-state index is 5.51. The van der Waals surface area contributed by atoms with Gasteiger partial charge >= 0.3 is 0 Å². The molecule has 0 bridgehead atoms. The third-order valence-corrected chi connectivity index (χ3v) is 12.0. The lowest BCUT2D eigenvalue weighted by Crippen LogP contribution is -2.09. The van der Waals surface area contributed by atoms with Crippen molar-refractivity contribution in [3.05, 3.63) is 263 Å². The van der Waals surface area contributed by atoms with Crippen LogP contribution in [0.5, 0.6) is 5.75 Å². The summed E-state index contributed by atoms with van der Waals surface area (Å²) in [5, 5.41) is 0. The van der Waals surface area contributed by atoms with Crippen LogP contribution in [0.15, 0.2) is 218 Å². The van der Waals surface area contributed by atoms with Gasteiger partial charge in [0.15, 0.2) is 0 Å². The Morgan fingerprint density at radius 3 is 0.582 bits per heavy atom. The first kappa shape index (κ1) is 43.9. The molecule has 0 aliphatic rings. The highest BCUT2D eigenvalue weighted by atomic mass is 16.5. The Morgan fingerprint density at radius 1 is 0.239 bits per heavy atom. The Kier molecular flexibility index (Phi) is 13.3. The molecule has 9 aromatic carbocycles. The fraction of sp³-hybridized carbons (Fsp3) is 0.0794. The number of ether oxygens (including phenoxy) is 1. The van der Waals surface area contributed by atoms with E-state index in [1.54, 1.807) is 7.11 Å². The molecule has 0 aliphatic heterocycles. The third kappa shape index (κ3) is 10.6. The molecule has 67 heavy (non-hydrogen) atoms. The zero-order chi connectivity index (χ0) is 46.1. The predicted molar refractivity (Wildman–Crippen MR) is 287 cm³/mol. The topological polar surface area (TPSA) is 19.0 Å². The Hall–Kier alpha value is -8.34. The number of rotatable bonds is 14. The summed E-state index contributed by atoms with van der Waals surface area (Å²) in [6, 6.07) is 78.0. The lowest BCUT2D eigenvalue weighted by molar-refractivity contribution is 0.415. The van der Waals surface area contributed by atoms with Gasteiger partial charge in [0.1, 0.15) is 5.75 Å². The molecular formula is C63H55N3O. The molecule has 328 valence electrons. The van der Waals surface area contributed by atoms with E-state index in [0.29, 0.717) is 0 Å². The van der Waals surface area contributed by atoms with Crippen LogP contribution in [0.4, 0.5) is 51.2 Å². The first-order valence-corrected chi connectivity index (χ1v) is 22.8. The second-order valence-corrected chi connectivity index (χ2v) is 17.1. The second-order valence-electron chi connectivity index (χ2n) is 17.1. The minimum Gasteiger partial charge on any atom is -0.497 e. The number of nitrogens with zero attached hydrogens (tertiary/aromatic N) is 3. The number of hydrogen-bond acceptors (Lipinski definition) is 4. The standard InChI is InChI=1S/C63H55N3O/c1-46-6-26-54(27-7-46)64(55-28-8-47(2)9-29-55)58-34-18-50(19-35-58)14-16-52-22-38-60(39-23-52)66(62-42-44-63(67-5)45-43-62)61-40-24-53(25-41-61)17-15-51-20-36-59(37-21-51)65(56-30-10-48(3)11-31-56)57-32-12-49(4)13-33-57/h6-45H,1-5H3. The van der Waals surface area contributed by atoms with E-state index in [-0.39, 0.29) is 0 Å². The Morgan fingerprint density at radius 2 is 0.403 bits per heavy atom. The molecule has 0 radical (unpaired) electrons. The van der Waals surface area contributed by atoms with Gasteiger partial charge in [-0.3, -0.25) is 0 Å². The molecule has 0 atom stereocenters. The minimum absolute atomic E-state index is 0.821. The lowest BCUT2D eigenvalue weighted by Gasteiger charge is -2.26. The monoisotopic (exact) mass is 869 g/mol. The zero-order valence-corrected chi connectivity index (χ0v) is 38.8. The summed E-state index contributed by atoms with van der Waals surface area (Å²) < 4.78 is 5.51. The van der Waals surface area contributed by atoms with Crippen LogP contribution >= 0.6 is 0 Å². The van der Waals surface area contributed by atoms with E-state index in [4.69, 9.17) is 4.74 Å². The molecule has 9 rings (SSSR count). The van der Waals surface area contributed by atoms with E-state index in [1.807, 2.05) is 12.1 Å². The van der Waals surface area contributed by atoms with E-state index >= 15 is 0 Å². The van der Waals surface area contributed by atoms with E-state index < -0.39 is 0 Å². The van der Waals surface area contributed by atoms with Crippen LogP contribution < -0.4 is 19.4 Å². The van der Waals surface area contributed by atoms with Crippen LogP contribution in [-0.2, 0) is 0 Å². The largest absolute Gasteiger partial charge is 0.497 e. The van der Waals surface area contributed by atoms with Gasteiger partial charge in [-0.15, -0.1) is 0 Å². The molecule has 0 saturated heterocycles. The van der Waals surface area contributed by atoms with Crippen molar-refractivity contribution in [1.29, 1.82) is 0 Å². The first-order valence-electron chi connectivity index (χ1n) is 22.8. The van der Waals surface area contributed by atoms with Gasteiger partial charge in [0.2, 0.25) is 0 Å². The SMILES string of the molecule is COc1ccc(N(c2ccc(C=Cc3ccc(N(c4ccc(C)cc4)c4ccc(C)cc4)cc3)cc2)c2ccc(C=Cc3ccc(N(c4ccc(C)cc4)c4ccc(C)cc4)cc3)cc2)cc1. The molecule has 0 fully saturated rings. The average Bonchev–Trinajstić information content (AvgIpc) is 3.37. The van der Waals surface area contributed by atoms with E-state index in [0.717, 1.165) is 79.2 Å². The minimum atomic E-state index is 0.821. The van der Waals surface area contributed by atoms with Gasteiger partial charge in [0, 0.05) is 51.2 Å². The molecule has 0 amide bonds. The molecule has 0 N–H and O–H groups in total. The van der Waals surface area contributed by atoms with Crippen LogP contribution in [0.1, 0.15) is 44.5 Å². The molecule has 9 aromatic rings. The van der Waals surface area contributed by atoms with Crippen LogP contribution in [0, 0.1) is 27.7 Å². The van der Waals surface area contributed by atoms with Crippen LogP contribution in [0.2, 0.25) is 0 Å². The quantitative estimate of drug-likeness (QED) is 0.101. The van der Waals surface area contributed by atoms with Crippen molar-refractivity contribution in [1.82, 2.24) is 0 Å². The van der Waals surface area contributed by atoms with Crippen molar-refractivity contribution in [3.8, 4) is 5.75 Å². The van der Waals surface area contributed by atoms with E-state index in [9.17, 15) is 0 Å². The fourth-order valence-corrected chi connectivity index (χ4v) is 8.17.